The van der Waals surface area contributed by atoms with Crippen LogP contribution in [0, 0.1) is 6.92 Å². The highest BCUT2D eigenvalue weighted by molar-refractivity contribution is 7.90. The molecule has 0 radical (unpaired) electrons. The third-order valence-corrected chi connectivity index (χ3v) is 8.35. The topological polar surface area (TPSA) is 120 Å². The normalized spacial score (nSPS) is 15.2. The van der Waals surface area contributed by atoms with Gasteiger partial charge in [-0.05, 0) is 73.9 Å². The number of aromatic nitrogens is 2. The maximum absolute atomic E-state index is 13.3. The number of hydrogen-bond acceptors (Lipinski definition) is 9. The second kappa shape index (κ2) is 12.3. The number of anilines is 1. The van der Waals surface area contributed by atoms with Gasteiger partial charge in [0.2, 0.25) is 0 Å². The van der Waals surface area contributed by atoms with E-state index in [9.17, 15) is 13.2 Å². The van der Waals surface area contributed by atoms with Crippen LogP contribution in [0.1, 0.15) is 34.5 Å². The van der Waals surface area contributed by atoms with E-state index in [-0.39, 0.29) is 16.9 Å². The van der Waals surface area contributed by atoms with Gasteiger partial charge in [-0.25, -0.2) is 13.4 Å². The molecule has 2 N–H and O–H groups in total. The number of benzene rings is 2. The van der Waals surface area contributed by atoms with E-state index < -0.39 is 9.84 Å². The molecule has 1 unspecified atom stereocenters. The summed E-state index contributed by atoms with van der Waals surface area (Å²) in [4.78, 5) is 22.6. The number of sulfone groups is 1. The second-order valence-electron chi connectivity index (χ2n) is 9.62. The molecule has 1 saturated heterocycles. The van der Waals surface area contributed by atoms with Crippen LogP contribution in [0.4, 0.5) is 5.13 Å². The van der Waals surface area contributed by atoms with Crippen LogP contribution in [0.25, 0.3) is 11.3 Å². The van der Waals surface area contributed by atoms with E-state index in [2.05, 4.69) is 20.6 Å². The SMILES string of the molecule is Cc1cccnc1-c1cc(Oc2ccc(S(C)(=O)=O)cc2)cc(C(=O)Nc2nc(CNCC3CCCO3)cs2)c1. The highest BCUT2D eigenvalue weighted by Gasteiger charge is 2.17. The summed E-state index contributed by atoms with van der Waals surface area (Å²) in [5, 5.41) is 8.67. The second-order valence-corrected chi connectivity index (χ2v) is 12.5. The van der Waals surface area contributed by atoms with Crippen molar-refractivity contribution in [3.63, 3.8) is 0 Å². The molecule has 1 amide bonds. The molecule has 5 rings (SSSR count). The molecule has 11 heteroatoms. The van der Waals surface area contributed by atoms with Crippen molar-refractivity contribution in [1.29, 1.82) is 0 Å². The maximum Gasteiger partial charge on any atom is 0.257 e. The Morgan fingerprint density at radius 3 is 2.70 bits per heavy atom. The summed E-state index contributed by atoms with van der Waals surface area (Å²) < 4.78 is 35.3. The van der Waals surface area contributed by atoms with Gasteiger partial charge in [-0.15, -0.1) is 11.3 Å². The summed E-state index contributed by atoms with van der Waals surface area (Å²) >= 11 is 1.36. The van der Waals surface area contributed by atoms with Crippen LogP contribution in [-0.4, -0.2) is 49.8 Å². The number of rotatable bonds is 10. The zero-order valence-electron chi connectivity index (χ0n) is 22.2. The fourth-order valence-corrected chi connectivity index (χ4v) is 5.72. The lowest BCUT2D eigenvalue weighted by atomic mass is 10.0. The Bertz CT molecular complexity index is 1600. The first kappa shape index (κ1) is 27.9. The Hall–Kier alpha value is -3.64. The number of pyridine rings is 1. The monoisotopic (exact) mass is 578 g/mol. The first-order chi connectivity index (χ1) is 19.2. The number of hydrogen-bond donors (Lipinski definition) is 2. The first-order valence-electron chi connectivity index (χ1n) is 12.9. The van der Waals surface area contributed by atoms with Gasteiger partial charge in [0, 0.05) is 48.7 Å². The molecule has 0 aliphatic carbocycles. The molecule has 2 aromatic carbocycles. The van der Waals surface area contributed by atoms with E-state index in [4.69, 9.17) is 9.47 Å². The Morgan fingerprint density at radius 2 is 1.98 bits per heavy atom. The standard InChI is InChI=1S/C29H30N4O5S2/c1-19-5-3-11-31-27(19)20-13-21(15-25(14-20)38-23-7-9-26(10-8-23)40(2,35)36)28(34)33-29-32-22(18-39-29)16-30-17-24-6-4-12-37-24/h3,5,7-11,13-15,18,24,30H,4,6,12,16-17H2,1-2H3,(H,32,33,34). The van der Waals surface area contributed by atoms with Crippen molar-refractivity contribution < 1.29 is 22.7 Å². The van der Waals surface area contributed by atoms with Gasteiger partial charge in [-0.3, -0.25) is 15.1 Å². The Morgan fingerprint density at radius 1 is 1.15 bits per heavy atom. The largest absolute Gasteiger partial charge is 0.457 e. The van der Waals surface area contributed by atoms with Gasteiger partial charge in [0.15, 0.2) is 15.0 Å². The van der Waals surface area contributed by atoms with Gasteiger partial charge in [-0.2, -0.15) is 0 Å². The lowest BCUT2D eigenvalue weighted by Crippen LogP contribution is -2.25. The van der Waals surface area contributed by atoms with Crippen LogP contribution in [0.2, 0.25) is 0 Å². The van der Waals surface area contributed by atoms with E-state index in [1.54, 1.807) is 36.5 Å². The highest BCUT2D eigenvalue weighted by atomic mass is 32.2. The fourth-order valence-electron chi connectivity index (χ4n) is 4.39. The smallest absolute Gasteiger partial charge is 0.257 e. The molecule has 3 heterocycles. The molecular weight excluding hydrogens is 548 g/mol. The lowest BCUT2D eigenvalue weighted by molar-refractivity contribution is 0.102. The molecule has 4 aromatic rings. The molecule has 0 spiro atoms. The molecule has 208 valence electrons. The summed E-state index contributed by atoms with van der Waals surface area (Å²) in [7, 11) is -3.33. The number of carbonyl (C=O) groups is 1. The Kier molecular flexibility index (Phi) is 8.55. The van der Waals surface area contributed by atoms with E-state index in [0.717, 1.165) is 49.2 Å². The van der Waals surface area contributed by atoms with Gasteiger partial charge in [0.25, 0.3) is 5.91 Å². The number of aryl methyl sites for hydroxylation is 1. The van der Waals surface area contributed by atoms with Crippen molar-refractivity contribution in [2.75, 3.05) is 24.7 Å². The summed E-state index contributed by atoms with van der Waals surface area (Å²) in [5.41, 5.74) is 3.61. The molecule has 1 aliphatic rings. The van der Waals surface area contributed by atoms with Crippen molar-refractivity contribution in [2.24, 2.45) is 0 Å². The van der Waals surface area contributed by atoms with Gasteiger partial charge >= 0.3 is 0 Å². The van der Waals surface area contributed by atoms with Crippen molar-refractivity contribution in [2.45, 2.75) is 37.3 Å². The Balaban J connectivity index is 1.34. The summed E-state index contributed by atoms with van der Waals surface area (Å²) in [5.74, 6) is 0.521. The maximum atomic E-state index is 13.3. The minimum atomic E-state index is -3.33. The van der Waals surface area contributed by atoms with E-state index >= 15 is 0 Å². The van der Waals surface area contributed by atoms with Crippen LogP contribution < -0.4 is 15.4 Å². The third kappa shape index (κ3) is 7.11. The van der Waals surface area contributed by atoms with Gasteiger partial charge in [0.1, 0.15) is 11.5 Å². The molecule has 1 atom stereocenters. The molecular formula is C29H30N4O5S2. The summed E-state index contributed by atoms with van der Waals surface area (Å²) in [6, 6.07) is 15.1. The third-order valence-electron chi connectivity index (χ3n) is 6.41. The predicted molar refractivity (Wildman–Crippen MR) is 155 cm³/mol. The lowest BCUT2D eigenvalue weighted by Gasteiger charge is -2.12. The predicted octanol–water partition coefficient (Wildman–Crippen LogP) is 5.23. The van der Waals surface area contributed by atoms with Crippen molar-refractivity contribution in [3.05, 3.63) is 83.0 Å². The van der Waals surface area contributed by atoms with Crippen LogP contribution in [0.3, 0.4) is 0 Å². The zero-order valence-corrected chi connectivity index (χ0v) is 23.8. The molecule has 1 fully saturated rings. The van der Waals surface area contributed by atoms with Gasteiger partial charge < -0.3 is 14.8 Å². The minimum absolute atomic E-state index is 0.197. The number of nitrogens with one attached hydrogen (secondary N) is 2. The van der Waals surface area contributed by atoms with Gasteiger partial charge in [0.05, 0.1) is 22.4 Å². The highest BCUT2D eigenvalue weighted by Crippen LogP contribution is 2.31. The Labute approximate surface area is 237 Å². The van der Waals surface area contributed by atoms with Crippen LogP contribution in [0.5, 0.6) is 11.5 Å². The molecule has 1 aliphatic heterocycles. The van der Waals surface area contributed by atoms with Crippen molar-refractivity contribution >= 4 is 32.2 Å². The number of ether oxygens (including phenoxy) is 2. The molecule has 0 saturated carbocycles. The van der Waals surface area contributed by atoms with Crippen LogP contribution in [0.15, 0.2) is 71.1 Å². The van der Waals surface area contributed by atoms with Crippen LogP contribution in [-0.2, 0) is 21.1 Å². The average molecular weight is 579 g/mol. The number of thiazole rings is 1. The number of nitrogens with zero attached hydrogens (tertiary/aromatic N) is 2. The summed E-state index contributed by atoms with van der Waals surface area (Å²) in [6.45, 7) is 4.14. The van der Waals surface area contributed by atoms with Crippen LogP contribution >= 0.6 is 11.3 Å². The zero-order chi connectivity index (χ0) is 28.1. The van der Waals surface area contributed by atoms with E-state index in [1.807, 2.05) is 24.4 Å². The van der Waals surface area contributed by atoms with E-state index in [0.29, 0.717) is 34.3 Å². The summed E-state index contributed by atoms with van der Waals surface area (Å²) in [6.07, 6.45) is 5.27. The average Bonchev–Trinajstić information content (AvgIpc) is 3.61. The van der Waals surface area contributed by atoms with E-state index in [1.165, 1.54) is 23.5 Å². The molecule has 9 nitrogen and oxygen atoms in total. The quantitative estimate of drug-likeness (QED) is 0.263. The molecule has 2 aromatic heterocycles. The first-order valence-corrected chi connectivity index (χ1v) is 15.6. The minimum Gasteiger partial charge on any atom is -0.457 e. The van der Waals surface area contributed by atoms with Crippen molar-refractivity contribution in [3.8, 4) is 22.8 Å². The number of carbonyl (C=O) groups excluding carboxylic acids is 1. The number of amides is 1. The fraction of sp³-hybridized carbons (Fsp3) is 0.276. The van der Waals surface area contributed by atoms with Crippen molar-refractivity contribution in [1.82, 2.24) is 15.3 Å². The molecule has 40 heavy (non-hydrogen) atoms. The molecule has 0 bridgehead atoms. The van der Waals surface area contributed by atoms with Gasteiger partial charge in [-0.1, -0.05) is 6.07 Å².